The van der Waals surface area contributed by atoms with Gasteiger partial charge in [0.25, 0.3) is 11.8 Å². The second-order valence-corrected chi connectivity index (χ2v) is 10.7. The molecule has 218 valence electrons. The third-order valence-electron chi connectivity index (χ3n) is 7.84. The van der Waals surface area contributed by atoms with Crippen LogP contribution in [0.25, 0.3) is 33.0 Å². The van der Waals surface area contributed by atoms with E-state index in [0.717, 1.165) is 32.9 Å². The van der Waals surface area contributed by atoms with E-state index in [2.05, 4.69) is 10.3 Å². The van der Waals surface area contributed by atoms with Crippen molar-refractivity contribution >= 4 is 44.8 Å². The van der Waals surface area contributed by atoms with Crippen molar-refractivity contribution in [3.05, 3.63) is 132 Å². The Hall–Kier alpha value is -5.60. The Morgan fingerprint density at radius 3 is 1.91 bits per heavy atom. The van der Waals surface area contributed by atoms with Crippen molar-refractivity contribution in [2.24, 2.45) is 5.73 Å². The van der Waals surface area contributed by atoms with E-state index in [1.54, 1.807) is 6.20 Å². The first-order chi connectivity index (χ1) is 21.6. The minimum Gasteiger partial charge on any atom is -0.489 e. The lowest BCUT2D eigenvalue weighted by molar-refractivity contribution is -0.122. The molecule has 7 rings (SSSR count). The van der Waals surface area contributed by atoms with Crippen LogP contribution in [0.3, 0.4) is 0 Å². The van der Waals surface area contributed by atoms with E-state index in [1.165, 1.54) is 0 Å². The van der Waals surface area contributed by atoms with E-state index in [-0.39, 0.29) is 0 Å². The molecule has 2 amide bonds. The van der Waals surface area contributed by atoms with Gasteiger partial charge in [0.15, 0.2) is 0 Å². The highest BCUT2D eigenvalue weighted by Crippen LogP contribution is 2.40. The Bertz CT molecular complexity index is 2040. The van der Waals surface area contributed by atoms with Crippen LogP contribution in [0.4, 0.5) is 0 Å². The highest BCUT2D eigenvalue weighted by atomic mass is 16.5. The molecule has 0 unspecified atom stereocenters. The number of fused-ring (bicyclic) bond motifs is 2. The van der Waals surface area contributed by atoms with Gasteiger partial charge >= 0.3 is 0 Å². The summed E-state index contributed by atoms with van der Waals surface area (Å²) in [6.07, 6.45) is 3.67. The first kappa shape index (κ1) is 27.2. The van der Waals surface area contributed by atoms with E-state index >= 15 is 0 Å². The molecule has 0 bridgehead atoms. The molecule has 0 saturated heterocycles. The van der Waals surface area contributed by atoms with Gasteiger partial charge < -0.3 is 24.8 Å². The molecule has 4 N–H and O–H groups in total. The Morgan fingerprint density at radius 2 is 1.27 bits per heavy atom. The number of aromatic nitrogens is 2. The summed E-state index contributed by atoms with van der Waals surface area (Å²) in [6, 6.07) is 31.3. The zero-order valence-corrected chi connectivity index (χ0v) is 23.9. The third kappa shape index (κ3) is 5.12. The van der Waals surface area contributed by atoms with Gasteiger partial charge in [0.05, 0.1) is 11.1 Å². The zero-order valence-electron chi connectivity index (χ0n) is 23.9. The molecule has 2 aromatic heterocycles. The number of amides is 2. The van der Waals surface area contributed by atoms with Crippen LogP contribution >= 0.6 is 0 Å². The smallest absolute Gasteiger partial charge is 0.259 e. The number of nitrogens with zero attached hydrogens (tertiary/aromatic N) is 1. The number of rotatable bonds is 10. The van der Waals surface area contributed by atoms with E-state index < -0.39 is 11.8 Å². The predicted octanol–water partition coefficient (Wildman–Crippen LogP) is 5.81. The summed E-state index contributed by atoms with van der Waals surface area (Å²) in [5, 5.41) is 4.12. The first-order valence-corrected chi connectivity index (χ1v) is 14.5. The van der Waals surface area contributed by atoms with Crippen LogP contribution in [-0.4, -0.2) is 27.9 Å². The minimum atomic E-state index is -0.447. The van der Waals surface area contributed by atoms with Crippen molar-refractivity contribution in [1.82, 2.24) is 14.9 Å². The number of imide groups is 1. The molecule has 8 heteroatoms. The number of hydrogen-bond acceptors (Lipinski definition) is 5. The maximum absolute atomic E-state index is 13.5. The van der Waals surface area contributed by atoms with Gasteiger partial charge in [-0.15, -0.1) is 0 Å². The van der Waals surface area contributed by atoms with Crippen molar-refractivity contribution in [3.8, 4) is 11.5 Å². The highest BCUT2D eigenvalue weighted by Gasteiger charge is 2.35. The van der Waals surface area contributed by atoms with Crippen LogP contribution in [0.1, 0.15) is 22.3 Å². The Kier molecular flexibility index (Phi) is 7.17. The summed E-state index contributed by atoms with van der Waals surface area (Å²) in [4.78, 5) is 30.1. The summed E-state index contributed by atoms with van der Waals surface area (Å²) in [6.45, 7) is 1.78. The predicted molar refractivity (Wildman–Crippen MR) is 171 cm³/mol. The van der Waals surface area contributed by atoms with Crippen LogP contribution in [0.15, 0.2) is 109 Å². The minimum absolute atomic E-state index is 0.309. The van der Waals surface area contributed by atoms with Gasteiger partial charge in [-0.2, -0.15) is 0 Å². The molecule has 0 saturated carbocycles. The van der Waals surface area contributed by atoms with Crippen molar-refractivity contribution in [2.45, 2.75) is 19.8 Å². The Morgan fingerprint density at radius 1 is 0.682 bits per heavy atom. The van der Waals surface area contributed by atoms with Gasteiger partial charge in [0.1, 0.15) is 24.7 Å². The van der Waals surface area contributed by atoms with Crippen LogP contribution < -0.4 is 20.5 Å². The van der Waals surface area contributed by atoms with Crippen molar-refractivity contribution in [2.75, 3.05) is 6.54 Å². The first-order valence-electron chi connectivity index (χ1n) is 14.5. The maximum atomic E-state index is 13.5. The number of hydrogen-bond donors (Lipinski definition) is 3. The number of nitrogens with two attached hydrogens (primary N) is 1. The van der Waals surface area contributed by atoms with Gasteiger partial charge in [0, 0.05) is 58.4 Å². The van der Waals surface area contributed by atoms with Crippen molar-refractivity contribution in [1.29, 1.82) is 0 Å². The number of nitrogens with one attached hydrogen (secondary N) is 2. The molecular formula is C36H30N4O4. The number of aromatic amines is 1. The summed E-state index contributed by atoms with van der Waals surface area (Å²) in [5.41, 5.74) is 11.6. The third-order valence-corrected chi connectivity index (χ3v) is 7.84. The van der Waals surface area contributed by atoms with Gasteiger partial charge in [-0.05, 0) is 47.5 Å². The molecule has 0 fully saturated rings. The second kappa shape index (κ2) is 11.6. The van der Waals surface area contributed by atoms with E-state index in [0.29, 0.717) is 60.1 Å². The van der Waals surface area contributed by atoms with Gasteiger partial charge in [-0.25, -0.2) is 0 Å². The van der Waals surface area contributed by atoms with Crippen LogP contribution in [0.5, 0.6) is 11.5 Å². The molecule has 3 heterocycles. The number of carbonyl (C=O) groups is 2. The summed E-state index contributed by atoms with van der Waals surface area (Å²) >= 11 is 0. The topological polar surface area (TPSA) is 111 Å². The molecule has 8 nitrogen and oxygen atoms in total. The highest BCUT2D eigenvalue weighted by molar-refractivity contribution is 6.50. The SMILES string of the molecule is NCCn1cc(C2=C(c3c[nH]c4ccc(OCc5ccccc5)cc34)C(=O)NC2=O)c2cc(OCc3ccccc3)ccc21. The van der Waals surface area contributed by atoms with E-state index in [4.69, 9.17) is 15.2 Å². The zero-order chi connectivity index (χ0) is 30.0. The molecule has 6 aromatic rings. The summed E-state index contributed by atoms with van der Waals surface area (Å²) < 4.78 is 14.2. The number of carbonyl (C=O) groups excluding carboxylic acids is 2. The summed E-state index contributed by atoms with van der Waals surface area (Å²) in [5.74, 6) is 0.428. The largest absolute Gasteiger partial charge is 0.489 e. The van der Waals surface area contributed by atoms with Crippen molar-refractivity contribution in [3.63, 3.8) is 0 Å². The normalized spacial score (nSPS) is 13.2. The average molecular weight is 583 g/mol. The number of ether oxygens (including phenoxy) is 2. The van der Waals surface area contributed by atoms with Gasteiger partial charge in [0.2, 0.25) is 0 Å². The molecule has 0 radical (unpaired) electrons. The molecule has 1 aliphatic heterocycles. The fraction of sp³-hybridized carbons (Fsp3) is 0.111. The fourth-order valence-corrected chi connectivity index (χ4v) is 5.74. The quantitative estimate of drug-likeness (QED) is 0.177. The van der Waals surface area contributed by atoms with E-state index in [1.807, 2.05) is 108 Å². The Labute approximate surface area is 253 Å². The monoisotopic (exact) mass is 582 g/mol. The average Bonchev–Trinajstić information content (AvgIpc) is 3.71. The second-order valence-electron chi connectivity index (χ2n) is 10.7. The lowest BCUT2D eigenvalue weighted by Crippen LogP contribution is -2.22. The fourth-order valence-electron chi connectivity index (χ4n) is 5.74. The molecule has 0 spiro atoms. The molecule has 1 aliphatic rings. The van der Waals surface area contributed by atoms with Gasteiger partial charge in [-0.1, -0.05) is 60.7 Å². The maximum Gasteiger partial charge on any atom is 0.259 e. The Balaban J connectivity index is 1.31. The summed E-state index contributed by atoms with van der Waals surface area (Å²) in [7, 11) is 0. The molecule has 44 heavy (non-hydrogen) atoms. The molecule has 0 aliphatic carbocycles. The standard InChI is InChI=1S/C36H30N4O4/c37-15-16-40-20-30(28-18-26(12-14-32(28)40)44-22-24-9-5-2-6-10-24)34-33(35(41)39-36(34)42)29-19-38-31-13-11-25(17-27(29)31)43-21-23-7-3-1-4-8-23/h1-14,17-20,38H,15-16,21-22,37H2,(H,39,41,42). The number of benzene rings is 4. The molecule has 0 atom stereocenters. The van der Waals surface area contributed by atoms with Crippen LogP contribution in [0, 0.1) is 0 Å². The van der Waals surface area contributed by atoms with Crippen LogP contribution in [-0.2, 0) is 29.3 Å². The lowest BCUT2D eigenvalue weighted by atomic mass is 9.95. The van der Waals surface area contributed by atoms with Crippen LogP contribution in [0.2, 0.25) is 0 Å². The van der Waals surface area contributed by atoms with Crippen molar-refractivity contribution < 1.29 is 19.1 Å². The molecular weight excluding hydrogens is 552 g/mol. The molecule has 4 aromatic carbocycles. The van der Waals surface area contributed by atoms with Gasteiger partial charge in [-0.3, -0.25) is 14.9 Å². The lowest BCUT2D eigenvalue weighted by Gasteiger charge is -2.09. The number of H-pyrrole nitrogens is 1. The van der Waals surface area contributed by atoms with E-state index in [9.17, 15) is 9.59 Å².